The highest BCUT2D eigenvalue weighted by Gasteiger charge is 2.68. The number of para-hydroxylation sites is 2. The molecule has 7 nitrogen and oxygen atoms in total. The van der Waals surface area contributed by atoms with E-state index < -0.39 is 15.8 Å². The highest BCUT2D eigenvalue weighted by Crippen LogP contribution is 2.67. The number of amides is 1. The monoisotopic (exact) mass is 456 g/mol. The molecule has 1 fully saturated rings. The van der Waals surface area contributed by atoms with E-state index in [1.165, 1.54) is 12.1 Å². The van der Waals surface area contributed by atoms with Gasteiger partial charge < -0.3 is 5.32 Å². The van der Waals surface area contributed by atoms with Gasteiger partial charge in [0, 0.05) is 12.0 Å². The van der Waals surface area contributed by atoms with E-state index in [1.807, 2.05) is 13.8 Å². The third-order valence-corrected chi connectivity index (χ3v) is 7.71. The largest absolute Gasteiger partial charge is 0.320 e. The molecule has 158 valence electrons. The normalized spacial score (nSPS) is 23.0. The van der Waals surface area contributed by atoms with E-state index in [9.17, 15) is 14.9 Å². The maximum atomic E-state index is 13.8. The third-order valence-electron chi connectivity index (χ3n) is 6.98. The van der Waals surface area contributed by atoms with Gasteiger partial charge in [0.25, 0.3) is 5.69 Å². The molecule has 0 spiro atoms. The first-order valence-corrected chi connectivity index (χ1v) is 10.6. The highest BCUT2D eigenvalue weighted by atomic mass is 35.5. The Balaban J connectivity index is 1.67. The molecule has 31 heavy (non-hydrogen) atoms. The van der Waals surface area contributed by atoms with Crippen LogP contribution in [0.5, 0.6) is 0 Å². The van der Waals surface area contributed by atoms with Gasteiger partial charge in [0.1, 0.15) is 5.69 Å². The summed E-state index contributed by atoms with van der Waals surface area (Å²) in [7, 11) is 0. The van der Waals surface area contributed by atoms with Gasteiger partial charge in [-0.2, -0.15) is 0 Å². The van der Waals surface area contributed by atoms with Crippen LogP contribution in [0.25, 0.3) is 11.0 Å². The molecule has 2 bridgehead atoms. The van der Waals surface area contributed by atoms with Crippen LogP contribution in [-0.2, 0) is 10.2 Å². The fraction of sp³-hybridized carbons (Fsp3) is 0.318. The molecular formula is C22H18Cl2N4O3. The molecule has 1 aromatic heterocycles. The van der Waals surface area contributed by atoms with Gasteiger partial charge in [-0.25, -0.2) is 9.97 Å². The number of hydrogen-bond donors (Lipinski definition) is 1. The Bertz CT molecular complexity index is 1290. The molecule has 0 aliphatic heterocycles. The minimum Gasteiger partial charge on any atom is -0.320 e. The number of benzene rings is 2. The second kappa shape index (κ2) is 6.61. The number of nitro benzene ring substituents is 1. The zero-order valence-corrected chi connectivity index (χ0v) is 18.3. The highest BCUT2D eigenvalue weighted by molar-refractivity contribution is 6.42. The van der Waals surface area contributed by atoms with Crippen molar-refractivity contribution in [2.24, 2.45) is 5.41 Å². The lowest BCUT2D eigenvalue weighted by molar-refractivity contribution is -0.383. The SMILES string of the molecule is CC1(C)C2CCC1(C(=O)Nc1ccccc1[N+](=O)[O-])c1nc3cc(Cl)c(Cl)cc3nc12. The van der Waals surface area contributed by atoms with Crippen LogP contribution in [0, 0.1) is 15.5 Å². The van der Waals surface area contributed by atoms with Crippen LogP contribution in [0.15, 0.2) is 36.4 Å². The van der Waals surface area contributed by atoms with Crippen LogP contribution < -0.4 is 5.32 Å². The minimum absolute atomic E-state index is 0.0466. The van der Waals surface area contributed by atoms with Crippen molar-refractivity contribution >= 4 is 51.5 Å². The second-order valence-corrected chi connectivity index (χ2v) is 9.47. The van der Waals surface area contributed by atoms with Gasteiger partial charge in [0.05, 0.1) is 42.8 Å². The number of aromatic nitrogens is 2. The van der Waals surface area contributed by atoms with Crippen molar-refractivity contribution < 1.29 is 9.72 Å². The van der Waals surface area contributed by atoms with Crippen LogP contribution in [-0.4, -0.2) is 20.8 Å². The number of rotatable bonds is 3. The van der Waals surface area contributed by atoms with Crippen LogP contribution in [0.1, 0.15) is 44.0 Å². The number of hydrogen-bond acceptors (Lipinski definition) is 5. The van der Waals surface area contributed by atoms with Crippen LogP contribution >= 0.6 is 23.2 Å². The average molecular weight is 457 g/mol. The number of nitrogens with one attached hydrogen (secondary N) is 1. The van der Waals surface area contributed by atoms with Crippen molar-refractivity contribution in [3.05, 3.63) is 67.9 Å². The number of nitrogens with zero attached hydrogens (tertiary/aromatic N) is 3. The lowest BCUT2D eigenvalue weighted by atomic mass is 9.67. The lowest BCUT2D eigenvalue weighted by Gasteiger charge is -2.36. The van der Waals surface area contributed by atoms with E-state index in [-0.39, 0.29) is 23.2 Å². The standard InChI is InChI=1S/C22H18Cl2N4O3/c1-21(2)11-7-8-22(21,20(29)27-14-5-3-4-6-17(14)28(30)31)19-18(11)25-15-9-12(23)13(24)10-16(15)26-19/h3-6,9-11H,7-8H2,1-2H3,(H,27,29). The van der Waals surface area contributed by atoms with Gasteiger partial charge >= 0.3 is 0 Å². The first-order chi connectivity index (χ1) is 14.7. The number of nitro groups is 1. The Morgan fingerprint density at radius 2 is 1.81 bits per heavy atom. The number of carbonyl (C=O) groups is 1. The number of anilines is 1. The Morgan fingerprint density at radius 1 is 1.16 bits per heavy atom. The molecule has 2 aliphatic rings. The summed E-state index contributed by atoms with van der Waals surface area (Å²) in [5.74, 6) is -0.257. The molecule has 2 aromatic carbocycles. The van der Waals surface area contributed by atoms with E-state index >= 15 is 0 Å². The maximum absolute atomic E-state index is 13.8. The molecule has 0 radical (unpaired) electrons. The summed E-state index contributed by atoms with van der Waals surface area (Å²) in [5, 5.41) is 15.0. The van der Waals surface area contributed by atoms with Crippen LogP contribution in [0.4, 0.5) is 11.4 Å². The molecule has 1 heterocycles. The van der Waals surface area contributed by atoms with Crippen molar-refractivity contribution in [1.29, 1.82) is 0 Å². The van der Waals surface area contributed by atoms with Gasteiger partial charge in [-0.1, -0.05) is 49.2 Å². The van der Waals surface area contributed by atoms with E-state index in [0.29, 0.717) is 33.2 Å². The van der Waals surface area contributed by atoms with Gasteiger partial charge in [0.2, 0.25) is 5.91 Å². The smallest absolute Gasteiger partial charge is 0.292 e. The third kappa shape index (κ3) is 2.63. The van der Waals surface area contributed by atoms with Crippen molar-refractivity contribution in [3.63, 3.8) is 0 Å². The number of halogens is 2. The Labute approximate surface area is 187 Å². The number of carbonyl (C=O) groups excluding carboxylic acids is 1. The Hall–Kier alpha value is -2.77. The predicted octanol–water partition coefficient (Wildman–Crippen LogP) is 5.64. The molecular weight excluding hydrogens is 439 g/mol. The van der Waals surface area contributed by atoms with E-state index in [1.54, 1.807) is 24.3 Å². The molecule has 1 amide bonds. The van der Waals surface area contributed by atoms with Crippen LogP contribution in [0.2, 0.25) is 10.0 Å². The first kappa shape index (κ1) is 20.2. The lowest BCUT2D eigenvalue weighted by Crippen LogP contribution is -2.46. The summed E-state index contributed by atoms with van der Waals surface area (Å²) in [4.78, 5) is 34.3. The predicted molar refractivity (Wildman–Crippen MR) is 119 cm³/mol. The molecule has 1 saturated carbocycles. The molecule has 2 atom stereocenters. The summed E-state index contributed by atoms with van der Waals surface area (Å²) in [6, 6.07) is 9.47. The summed E-state index contributed by atoms with van der Waals surface area (Å²) in [6.07, 6.45) is 1.37. The molecule has 9 heteroatoms. The summed E-state index contributed by atoms with van der Waals surface area (Å²) >= 11 is 12.3. The van der Waals surface area contributed by atoms with Crippen molar-refractivity contribution in [1.82, 2.24) is 9.97 Å². The maximum Gasteiger partial charge on any atom is 0.292 e. The Kier molecular flexibility index (Phi) is 4.30. The molecule has 5 rings (SSSR count). The first-order valence-electron chi connectivity index (χ1n) is 9.89. The summed E-state index contributed by atoms with van der Waals surface area (Å²) in [5.41, 5.74) is 1.21. The van der Waals surface area contributed by atoms with Gasteiger partial charge in [-0.05, 0) is 36.5 Å². The molecule has 2 aliphatic carbocycles. The van der Waals surface area contributed by atoms with E-state index in [2.05, 4.69) is 5.32 Å². The Morgan fingerprint density at radius 3 is 2.48 bits per heavy atom. The molecule has 1 N–H and O–H groups in total. The molecule has 0 saturated heterocycles. The van der Waals surface area contributed by atoms with E-state index in [4.69, 9.17) is 33.2 Å². The zero-order valence-electron chi connectivity index (χ0n) is 16.8. The van der Waals surface area contributed by atoms with Crippen LogP contribution in [0.3, 0.4) is 0 Å². The van der Waals surface area contributed by atoms with Gasteiger partial charge in [0.15, 0.2) is 0 Å². The quantitative estimate of drug-likeness (QED) is 0.406. The van der Waals surface area contributed by atoms with Crippen molar-refractivity contribution in [2.45, 2.75) is 38.0 Å². The summed E-state index contributed by atoms with van der Waals surface area (Å²) in [6.45, 7) is 4.08. The van der Waals surface area contributed by atoms with Gasteiger partial charge in [-0.15, -0.1) is 0 Å². The fourth-order valence-corrected chi connectivity index (χ4v) is 5.66. The number of fused-ring (bicyclic) bond motifs is 6. The van der Waals surface area contributed by atoms with Crippen molar-refractivity contribution in [3.8, 4) is 0 Å². The average Bonchev–Trinajstić information content (AvgIpc) is 3.09. The summed E-state index contributed by atoms with van der Waals surface area (Å²) < 4.78 is 0. The zero-order chi connectivity index (χ0) is 22.1. The van der Waals surface area contributed by atoms with E-state index in [0.717, 1.165) is 12.1 Å². The minimum atomic E-state index is -0.954. The second-order valence-electron chi connectivity index (χ2n) is 8.66. The topological polar surface area (TPSA) is 98.0 Å². The fourth-order valence-electron chi connectivity index (χ4n) is 5.35. The molecule has 2 unspecified atom stereocenters. The van der Waals surface area contributed by atoms with Gasteiger partial charge in [-0.3, -0.25) is 14.9 Å². The van der Waals surface area contributed by atoms with Crippen molar-refractivity contribution in [2.75, 3.05) is 5.32 Å². The molecule has 3 aromatic rings.